The van der Waals surface area contributed by atoms with Crippen molar-refractivity contribution in [3.8, 4) is 0 Å². The van der Waals surface area contributed by atoms with Gasteiger partial charge in [0.15, 0.2) is 0 Å². The molecule has 0 saturated carbocycles. The van der Waals surface area contributed by atoms with Gasteiger partial charge in [-0.1, -0.05) is 101 Å². The third kappa shape index (κ3) is 8.91. The molecule has 0 aliphatic heterocycles. The minimum atomic E-state index is 0.756. The molecule has 0 aromatic heterocycles. The maximum Gasteiger partial charge on any atom is 0.0322 e. The zero-order valence-corrected chi connectivity index (χ0v) is 25.6. The first kappa shape index (κ1) is 32.7. The molecule has 2 aromatic carbocycles. The Morgan fingerprint density at radius 1 is 1.03 bits per heavy atom. The predicted molar refractivity (Wildman–Crippen MR) is 175 cm³/mol. The Hall–Kier alpha value is -3.32. The lowest BCUT2D eigenvalue weighted by Gasteiger charge is -2.20. The molecule has 0 fully saturated rings. The second-order valence-corrected chi connectivity index (χ2v) is 10.5. The molecule has 2 aromatic rings. The Kier molecular flexibility index (Phi) is 13.6. The van der Waals surface area contributed by atoms with Gasteiger partial charge in [0.2, 0.25) is 0 Å². The first-order valence-corrected chi connectivity index (χ1v) is 13.9. The Morgan fingerprint density at radius 2 is 1.66 bits per heavy atom. The Labute approximate surface area is 234 Å². The van der Waals surface area contributed by atoms with E-state index in [1.165, 1.54) is 52.7 Å². The molecule has 1 unspecified atom stereocenters. The number of benzene rings is 2. The quantitative estimate of drug-likeness (QED) is 0.304. The molecule has 1 aliphatic carbocycles. The summed E-state index contributed by atoms with van der Waals surface area (Å²) in [5.74, 6) is 0.756. The van der Waals surface area contributed by atoms with Crippen molar-refractivity contribution in [2.75, 3.05) is 5.73 Å². The molecule has 0 heterocycles. The van der Waals surface area contributed by atoms with Crippen LogP contribution in [-0.4, -0.2) is 0 Å². The van der Waals surface area contributed by atoms with Gasteiger partial charge in [-0.2, -0.15) is 0 Å². The van der Waals surface area contributed by atoms with E-state index in [1.54, 1.807) is 5.57 Å². The van der Waals surface area contributed by atoms with E-state index >= 15 is 0 Å². The highest BCUT2D eigenvalue weighted by Crippen LogP contribution is 2.35. The van der Waals surface area contributed by atoms with E-state index in [1.807, 2.05) is 31.2 Å². The van der Waals surface area contributed by atoms with Gasteiger partial charge in [0.25, 0.3) is 0 Å². The summed E-state index contributed by atoms with van der Waals surface area (Å²) in [7, 11) is 0. The lowest BCUT2D eigenvalue weighted by atomic mass is 9.84. The van der Waals surface area contributed by atoms with E-state index in [0.717, 1.165) is 33.9 Å². The maximum absolute atomic E-state index is 6.04. The second kappa shape index (κ2) is 15.8. The largest absolute Gasteiger partial charge is 0.399 e. The molecule has 1 heteroatoms. The molecule has 0 spiro atoms. The van der Waals surface area contributed by atoms with Crippen LogP contribution in [0.15, 0.2) is 79.5 Å². The van der Waals surface area contributed by atoms with Crippen LogP contribution in [0.5, 0.6) is 0 Å². The molecule has 0 radical (unpaired) electrons. The van der Waals surface area contributed by atoms with Crippen molar-refractivity contribution in [2.24, 2.45) is 5.92 Å². The molecule has 0 saturated heterocycles. The summed E-state index contributed by atoms with van der Waals surface area (Å²) in [6.07, 6.45) is 14.1. The SMILES string of the molecule is C=C(C)c1cc(C)c(C(=C)c2cc(C)cc(N)c2)c(/C=C\C)c1C.C=C/C=C\C1=C(C)CCC1C.CCC. The summed E-state index contributed by atoms with van der Waals surface area (Å²) in [6.45, 7) is 31.4. The van der Waals surface area contributed by atoms with Crippen LogP contribution in [-0.2, 0) is 0 Å². The van der Waals surface area contributed by atoms with Crippen LogP contribution in [0.25, 0.3) is 17.2 Å². The van der Waals surface area contributed by atoms with Gasteiger partial charge >= 0.3 is 0 Å². The van der Waals surface area contributed by atoms with Crippen LogP contribution in [0.3, 0.4) is 0 Å². The Bertz CT molecular complexity index is 1210. The summed E-state index contributed by atoms with van der Waals surface area (Å²) < 4.78 is 0. The molecule has 38 heavy (non-hydrogen) atoms. The van der Waals surface area contributed by atoms with Gasteiger partial charge in [-0.3, -0.25) is 0 Å². The second-order valence-electron chi connectivity index (χ2n) is 10.5. The molecular formula is C37H51N. The fourth-order valence-corrected chi connectivity index (χ4v) is 4.92. The number of nitrogen functional groups attached to an aromatic ring is 1. The highest BCUT2D eigenvalue weighted by Gasteiger charge is 2.17. The van der Waals surface area contributed by atoms with E-state index in [2.05, 4.69) is 105 Å². The van der Waals surface area contributed by atoms with Crippen molar-refractivity contribution < 1.29 is 0 Å². The fourth-order valence-electron chi connectivity index (χ4n) is 4.92. The van der Waals surface area contributed by atoms with Gasteiger partial charge < -0.3 is 5.73 Å². The zero-order valence-electron chi connectivity index (χ0n) is 25.6. The smallest absolute Gasteiger partial charge is 0.0322 e. The number of allylic oxidation sites excluding steroid dienone is 7. The highest BCUT2D eigenvalue weighted by molar-refractivity contribution is 5.88. The summed E-state index contributed by atoms with van der Waals surface area (Å²) in [5, 5.41) is 0. The van der Waals surface area contributed by atoms with Crippen LogP contribution < -0.4 is 5.73 Å². The Morgan fingerprint density at radius 3 is 2.13 bits per heavy atom. The molecule has 0 bridgehead atoms. The third-order valence-electron chi connectivity index (χ3n) is 6.76. The van der Waals surface area contributed by atoms with Gasteiger partial charge in [-0.05, 0) is 123 Å². The average Bonchev–Trinajstić information content (AvgIpc) is 3.16. The molecular weight excluding hydrogens is 458 g/mol. The number of hydrogen-bond acceptors (Lipinski definition) is 1. The molecule has 2 N–H and O–H groups in total. The van der Waals surface area contributed by atoms with Crippen LogP contribution >= 0.6 is 0 Å². The highest BCUT2D eigenvalue weighted by atomic mass is 14.5. The molecule has 1 nitrogen and oxygen atoms in total. The van der Waals surface area contributed by atoms with E-state index in [4.69, 9.17) is 5.73 Å². The van der Waals surface area contributed by atoms with E-state index in [-0.39, 0.29) is 0 Å². The number of rotatable bonds is 6. The first-order chi connectivity index (χ1) is 17.9. The topological polar surface area (TPSA) is 26.0 Å². The lowest BCUT2D eigenvalue weighted by Crippen LogP contribution is -2.01. The van der Waals surface area contributed by atoms with Crippen molar-refractivity contribution in [1.82, 2.24) is 0 Å². The van der Waals surface area contributed by atoms with Crippen molar-refractivity contribution >= 4 is 22.9 Å². The number of nitrogens with two attached hydrogens (primary N) is 1. The summed E-state index contributed by atoms with van der Waals surface area (Å²) >= 11 is 0. The lowest BCUT2D eigenvalue weighted by molar-refractivity contribution is 0.679. The Balaban J connectivity index is 0.000000428. The van der Waals surface area contributed by atoms with Crippen LogP contribution in [0, 0.1) is 26.7 Å². The third-order valence-corrected chi connectivity index (χ3v) is 6.76. The molecule has 3 rings (SSSR count). The van der Waals surface area contributed by atoms with Gasteiger partial charge in [0.05, 0.1) is 0 Å². The van der Waals surface area contributed by atoms with Crippen LogP contribution in [0.1, 0.15) is 99.7 Å². The summed E-state index contributed by atoms with van der Waals surface area (Å²) in [4.78, 5) is 0. The monoisotopic (exact) mass is 509 g/mol. The number of anilines is 1. The standard InChI is InChI=1S/C23H27N.C11H16.C3H8/c1-8-9-21-18(7)22(14(2)3)12-16(5)23(21)17(6)19-10-15(4)11-20(24)13-19;1-4-5-6-11-9(2)7-8-10(11)3;1-3-2/h8-13H,2,6,24H2,1,3-5,7H3;4-6,9H,1,7-8H2,2-3H3;3H2,1-2H3/b9-8-;6-5-;. The molecule has 204 valence electrons. The van der Waals surface area contributed by atoms with Gasteiger partial charge in [-0.25, -0.2) is 0 Å². The summed E-state index contributed by atoms with van der Waals surface area (Å²) in [5.41, 5.74) is 20.2. The van der Waals surface area contributed by atoms with E-state index in [9.17, 15) is 0 Å². The normalized spacial score (nSPS) is 14.7. The number of hydrogen-bond donors (Lipinski definition) is 1. The zero-order chi connectivity index (χ0) is 29.0. The molecule has 1 aliphatic rings. The average molecular weight is 510 g/mol. The van der Waals surface area contributed by atoms with Gasteiger partial charge in [0, 0.05) is 5.69 Å². The molecule has 0 amide bonds. The first-order valence-electron chi connectivity index (χ1n) is 13.9. The maximum atomic E-state index is 6.04. The van der Waals surface area contributed by atoms with E-state index < -0.39 is 0 Å². The van der Waals surface area contributed by atoms with Gasteiger partial charge in [0.1, 0.15) is 0 Å². The predicted octanol–water partition coefficient (Wildman–Crippen LogP) is 11.2. The van der Waals surface area contributed by atoms with Crippen LogP contribution in [0.4, 0.5) is 5.69 Å². The van der Waals surface area contributed by atoms with Crippen molar-refractivity contribution in [3.63, 3.8) is 0 Å². The van der Waals surface area contributed by atoms with E-state index in [0.29, 0.717) is 0 Å². The van der Waals surface area contributed by atoms with Crippen molar-refractivity contribution in [1.29, 1.82) is 0 Å². The van der Waals surface area contributed by atoms with Crippen LogP contribution in [0.2, 0.25) is 0 Å². The molecule has 1 atom stereocenters. The minimum Gasteiger partial charge on any atom is -0.399 e. The minimum absolute atomic E-state index is 0.756. The number of aryl methyl sites for hydroxylation is 2. The van der Waals surface area contributed by atoms with Crippen molar-refractivity contribution in [2.45, 2.75) is 81.6 Å². The van der Waals surface area contributed by atoms with Crippen molar-refractivity contribution in [3.05, 3.63) is 118 Å². The van der Waals surface area contributed by atoms with Gasteiger partial charge in [-0.15, -0.1) is 0 Å². The fraction of sp³-hybridized carbons (Fsp3) is 0.351. The summed E-state index contributed by atoms with van der Waals surface area (Å²) in [6, 6.07) is 8.33.